The number of rotatable bonds is 4. The van der Waals surface area contributed by atoms with Crippen molar-refractivity contribution in [1.29, 1.82) is 0 Å². The van der Waals surface area contributed by atoms with E-state index in [4.69, 9.17) is 4.42 Å². The number of Topliss-reactive ketones (excluding diaryl/α,β-unsaturated/α-hetero) is 1. The summed E-state index contributed by atoms with van der Waals surface area (Å²) in [5.74, 6) is 0.716. The molecule has 1 heterocycles. The molecule has 4 nitrogen and oxygen atoms in total. The molecular formula is C19H21NO3. The summed E-state index contributed by atoms with van der Waals surface area (Å²) in [6, 6.07) is 7.78. The SMILES string of the molecule is CCCc1ccccc1NC(=O)c1oc2c(c1C)C(=O)CCC2. The van der Waals surface area contributed by atoms with Gasteiger partial charge in [-0.3, -0.25) is 9.59 Å². The van der Waals surface area contributed by atoms with Crippen LogP contribution in [0.15, 0.2) is 28.7 Å². The molecule has 1 aromatic carbocycles. The Labute approximate surface area is 135 Å². The number of fused-ring (bicyclic) bond motifs is 1. The largest absolute Gasteiger partial charge is 0.455 e. The second kappa shape index (κ2) is 6.41. The Morgan fingerprint density at radius 2 is 2.04 bits per heavy atom. The summed E-state index contributed by atoms with van der Waals surface area (Å²) >= 11 is 0. The fourth-order valence-corrected chi connectivity index (χ4v) is 3.17. The highest BCUT2D eigenvalue weighted by atomic mass is 16.4. The number of furan rings is 1. The van der Waals surface area contributed by atoms with E-state index in [2.05, 4.69) is 12.2 Å². The average Bonchev–Trinajstić information content (AvgIpc) is 2.88. The second-order valence-corrected chi connectivity index (χ2v) is 5.99. The highest BCUT2D eigenvalue weighted by Crippen LogP contribution is 2.30. The third kappa shape index (κ3) is 2.93. The Morgan fingerprint density at radius 3 is 2.78 bits per heavy atom. The summed E-state index contributed by atoms with van der Waals surface area (Å²) in [6.07, 6.45) is 3.96. The fourth-order valence-electron chi connectivity index (χ4n) is 3.17. The van der Waals surface area contributed by atoms with E-state index in [-0.39, 0.29) is 17.5 Å². The van der Waals surface area contributed by atoms with Gasteiger partial charge in [0.25, 0.3) is 5.91 Å². The van der Waals surface area contributed by atoms with Crippen LogP contribution in [-0.2, 0) is 12.8 Å². The van der Waals surface area contributed by atoms with Crippen LogP contribution in [0.3, 0.4) is 0 Å². The van der Waals surface area contributed by atoms with Gasteiger partial charge in [0.1, 0.15) is 5.76 Å². The van der Waals surface area contributed by atoms with Crippen molar-refractivity contribution in [2.75, 3.05) is 5.32 Å². The Balaban J connectivity index is 1.89. The average molecular weight is 311 g/mol. The van der Waals surface area contributed by atoms with Gasteiger partial charge in [-0.25, -0.2) is 0 Å². The van der Waals surface area contributed by atoms with Gasteiger partial charge in [-0.1, -0.05) is 31.5 Å². The topological polar surface area (TPSA) is 59.3 Å². The number of ketones is 1. The molecule has 0 fully saturated rings. The maximum Gasteiger partial charge on any atom is 0.291 e. The molecule has 0 spiro atoms. The summed E-state index contributed by atoms with van der Waals surface area (Å²) in [4.78, 5) is 24.6. The number of para-hydroxylation sites is 1. The predicted octanol–water partition coefficient (Wildman–Crippen LogP) is 4.31. The number of hydrogen-bond donors (Lipinski definition) is 1. The number of anilines is 1. The number of nitrogens with one attached hydrogen (secondary N) is 1. The van der Waals surface area contributed by atoms with Crippen LogP contribution in [0.2, 0.25) is 0 Å². The lowest BCUT2D eigenvalue weighted by molar-refractivity contribution is 0.0963. The van der Waals surface area contributed by atoms with Crippen LogP contribution in [0, 0.1) is 6.92 Å². The van der Waals surface area contributed by atoms with Crippen molar-refractivity contribution >= 4 is 17.4 Å². The molecule has 4 heteroatoms. The molecule has 120 valence electrons. The normalized spacial score (nSPS) is 13.7. The van der Waals surface area contributed by atoms with E-state index < -0.39 is 0 Å². The first-order chi connectivity index (χ1) is 11.1. The van der Waals surface area contributed by atoms with Crippen molar-refractivity contribution in [3.8, 4) is 0 Å². The maximum atomic E-state index is 12.6. The highest BCUT2D eigenvalue weighted by molar-refractivity contribution is 6.07. The number of benzene rings is 1. The first-order valence-corrected chi connectivity index (χ1v) is 8.16. The minimum absolute atomic E-state index is 0.0814. The third-order valence-electron chi connectivity index (χ3n) is 4.30. The Morgan fingerprint density at radius 1 is 1.26 bits per heavy atom. The first-order valence-electron chi connectivity index (χ1n) is 8.16. The van der Waals surface area contributed by atoms with Crippen molar-refractivity contribution in [3.63, 3.8) is 0 Å². The lowest BCUT2D eigenvalue weighted by Gasteiger charge is -2.09. The minimum Gasteiger partial charge on any atom is -0.455 e. The lowest BCUT2D eigenvalue weighted by Crippen LogP contribution is -2.14. The maximum absolute atomic E-state index is 12.6. The van der Waals surface area contributed by atoms with Gasteiger partial charge in [0, 0.05) is 24.1 Å². The predicted molar refractivity (Wildman–Crippen MR) is 89.1 cm³/mol. The van der Waals surface area contributed by atoms with Crippen LogP contribution in [0.4, 0.5) is 5.69 Å². The zero-order valence-corrected chi connectivity index (χ0v) is 13.6. The standard InChI is InChI=1S/C19H21NO3/c1-3-7-13-8-4-5-9-14(13)20-19(22)18-12(2)17-15(21)10-6-11-16(17)23-18/h4-5,8-9H,3,6-7,10-11H2,1-2H3,(H,20,22). The molecular weight excluding hydrogens is 290 g/mol. The quantitative estimate of drug-likeness (QED) is 0.915. The molecule has 2 aromatic rings. The van der Waals surface area contributed by atoms with E-state index in [1.54, 1.807) is 6.92 Å². The molecule has 0 unspecified atom stereocenters. The van der Waals surface area contributed by atoms with E-state index in [1.807, 2.05) is 24.3 Å². The number of carbonyl (C=O) groups excluding carboxylic acids is 2. The van der Waals surface area contributed by atoms with Crippen LogP contribution in [0.25, 0.3) is 0 Å². The van der Waals surface area contributed by atoms with E-state index in [9.17, 15) is 9.59 Å². The Hall–Kier alpha value is -2.36. The summed E-state index contributed by atoms with van der Waals surface area (Å²) in [5.41, 5.74) is 3.19. The zero-order chi connectivity index (χ0) is 16.4. The molecule has 1 aliphatic carbocycles. The molecule has 1 N–H and O–H groups in total. The van der Waals surface area contributed by atoms with Gasteiger partial charge in [-0.05, 0) is 31.4 Å². The molecule has 1 amide bonds. The Kier molecular flexibility index (Phi) is 4.33. The minimum atomic E-state index is -0.284. The monoisotopic (exact) mass is 311 g/mol. The molecule has 0 bridgehead atoms. The number of amides is 1. The van der Waals surface area contributed by atoms with E-state index in [0.29, 0.717) is 23.3 Å². The van der Waals surface area contributed by atoms with Crippen molar-refractivity contribution in [1.82, 2.24) is 0 Å². The van der Waals surface area contributed by atoms with Gasteiger partial charge < -0.3 is 9.73 Å². The van der Waals surface area contributed by atoms with Crippen molar-refractivity contribution in [3.05, 3.63) is 52.5 Å². The van der Waals surface area contributed by atoms with Gasteiger partial charge in [-0.15, -0.1) is 0 Å². The number of aryl methyl sites for hydroxylation is 2. The number of carbonyl (C=O) groups is 2. The van der Waals surface area contributed by atoms with Crippen molar-refractivity contribution < 1.29 is 14.0 Å². The lowest BCUT2D eigenvalue weighted by atomic mass is 9.94. The number of hydrogen-bond acceptors (Lipinski definition) is 3. The molecule has 3 rings (SSSR count). The molecule has 1 aromatic heterocycles. The van der Waals surface area contributed by atoms with Gasteiger partial charge in [0.15, 0.2) is 11.5 Å². The summed E-state index contributed by atoms with van der Waals surface area (Å²) in [6.45, 7) is 3.90. The molecule has 0 saturated heterocycles. The zero-order valence-electron chi connectivity index (χ0n) is 13.6. The molecule has 0 aliphatic heterocycles. The van der Waals surface area contributed by atoms with Crippen LogP contribution >= 0.6 is 0 Å². The summed E-state index contributed by atoms with van der Waals surface area (Å²) in [5, 5.41) is 2.93. The van der Waals surface area contributed by atoms with Gasteiger partial charge in [0.2, 0.25) is 0 Å². The molecule has 23 heavy (non-hydrogen) atoms. The van der Waals surface area contributed by atoms with Crippen LogP contribution in [0.1, 0.15) is 64.0 Å². The van der Waals surface area contributed by atoms with Crippen LogP contribution < -0.4 is 5.32 Å². The Bertz CT molecular complexity index is 758. The van der Waals surface area contributed by atoms with Crippen LogP contribution in [0.5, 0.6) is 0 Å². The van der Waals surface area contributed by atoms with Crippen molar-refractivity contribution in [2.24, 2.45) is 0 Å². The van der Waals surface area contributed by atoms with Gasteiger partial charge in [0.05, 0.1) is 5.56 Å². The summed E-state index contributed by atoms with van der Waals surface area (Å²) < 4.78 is 5.71. The molecule has 1 aliphatic rings. The van der Waals surface area contributed by atoms with E-state index in [1.165, 1.54) is 0 Å². The molecule has 0 atom stereocenters. The third-order valence-corrected chi connectivity index (χ3v) is 4.30. The van der Waals surface area contributed by atoms with Crippen molar-refractivity contribution in [2.45, 2.75) is 46.0 Å². The fraction of sp³-hybridized carbons (Fsp3) is 0.368. The van der Waals surface area contributed by atoms with E-state index in [0.717, 1.165) is 36.9 Å². The van der Waals surface area contributed by atoms with Gasteiger partial charge in [-0.2, -0.15) is 0 Å². The smallest absolute Gasteiger partial charge is 0.291 e. The molecule has 0 radical (unpaired) electrons. The van der Waals surface area contributed by atoms with Gasteiger partial charge >= 0.3 is 0 Å². The summed E-state index contributed by atoms with van der Waals surface area (Å²) in [7, 11) is 0. The first kappa shape index (κ1) is 15.5. The highest BCUT2D eigenvalue weighted by Gasteiger charge is 2.28. The molecule has 0 saturated carbocycles. The van der Waals surface area contributed by atoms with E-state index >= 15 is 0 Å². The second-order valence-electron chi connectivity index (χ2n) is 5.99. The van der Waals surface area contributed by atoms with Crippen LogP contribution in [-0.4, -0.2) is 11.7 Å².